The van der Waals surface area contributed by atoms with Crippen molar-refractivity contribution in [3.8, 4) is 0 Å². The average Bonchev–Trinajstić information content (AvgIpc) is 2.45. The molecule has 3 heteroatoms. The van der Waals surface area contributed by atoms with Gasteiger partial charge in [0.1, 0.15) is 0 Å². The summed E-state index contributed by atoms with van der Waals surface area (Å²) in [6.07, 6.45) is 0. The highest BCUT2D eigenvalue weighted by atomic mass is 16.5. The molecule has 20 heavy (non-hydrogen) atoms. The Morgan fingerprint density at radius 1 is 1.00 bits per heavy atom. The van der Waals surface area contributed by atoms with Crippen molar-refractivity contribution in [2.45, 2.75) is 26.2 Å². The van der Waals surface area contributed by atoms with Crippen molar-refractivity contribution in [3.05, 3.63) is 29.8 Å². The van der Waals surface area contributed by atoms with Gasteiger partial charge in [-0.2, -0.15) is 0 Å². The topological polar surface area (TPSA) is 15.7 Å². The van der Waals surface area contributed by atoms with Crippen molar-refractivity contribution < 1.29 is 4.74 Å². The lowest BCUT2D eigenvalue weighted by atomic mass is 9.87. The maximum absolute atomic E-state index is 5.15. The summed E-state index contributed by atoms with van der Waals surface area (Å²) in [4.78, 5) is 4.96. The van der Waals surface area contributed by atoms with Crippen LogP contribution in [0.15, 0.2) is 24.3 Å². The first-order valence-electron chi connectivity index (χ1n) is 7.57. The Morgan fingerprint density at radius 3 is 2.10 bits per heavy atom. The molecule has 0 radical (unpaired) electrons. The third-order valence-electron chi connectivity index (χ3n) is 4.08. The number of anilines is 1. The zero-order valence-electron chi connectivity index (χ0n) is 13.4. The van der Waals surface area contributed by atoms with E-state index in [9.17, 15) is 0 Å². The largest absolute Gasteiger partial charge is 0.383 e. The molecule has 1 aromatic carbocycles. The van der Waals surface area contributed by atoms with Gasteiger partial charge in [-0.25, -0.2) is 0 Å². The molecule has 1 heterocycles. The fourth-order valence-corrected chi connectivity index (χ4v) is 2.62. The van der Waals surface area contributed by atoms with Gasteiger partial charge in [0.2, 0.25) is 0 Å². The van der Waals surface area contributed by atoms with Crippen LogP contribution in [0.1, 0.15) is 26.3 Å². The van der Waals surface area contributed by atoms with Crippen molar-refractivity contribution >= 4 is 5.69 Å². The lowest BCUT2D eigenvalue weighted by Gasteiger charge is -2.36. The number of nitrogens with zero attached hydrogens (tertiary/aromatic N) is 2. The van der Waals surface area contributed by atoms with Gasteiger partial charge in [-0.15, -0.1) is 0 Å². The normalized spacial score (nSPS) is 17.5. The predicted octanol–water partition coefficient (Wildman–Crippen LogP) is 2.75. The lowest BCUT2D eigenvalue weighted by molar-refractivity contribution is 0.144. The average molecular weight is 276 g/mol. The smallest absolute Gasteiger partial charge is 0.0589 e. The van der Waals surface area contributed by atoms with E-state index in [4.69, 9.17) is 4.74 Å². The number of piperazine rings is 1. The molecule has 0 saturated carbocycles. The highest BCUT2D eigenvalue weighted by Gasteiger charge is 2.18. The van der Waals surface area contributed by atoms with E-state index in [0.717, 1.165) is 39.3 Å². The van der Waals surface area contributed by atoms with Gasteiger partial charge in [-0.3, -0.25) is 4.90 Å². The van der Waals surface area contributed by atoms with Gasteiger partial charge in [-0.1, -0.05) is 32.9 Å². The van der Waals surface area contributed by atoms with Crippen LogP contribution in [0.2, 0.25) is 0 Å². The molecule has 0 N–H and O–H groups in total. The molecule has 1 saturated heterocycles. The molecule has 1 fully saturated rings. The highest BCUT2D eigenvalue weighted by molar-refractivity contribution is 5.49. The molecule has 1 aliphatic heterocycles. The standard InChI is InChI=1S/C17H28N2O/c1-17(2,3)15-5-7-16(8-6-15)19-11-9-18(10-12-19)13-14-20-4/h5-8H,9-14H2,1-4H3. The van der Waals surface area contributed by atoms with Gasteiger partial charge in [-0.05, 0) is 23.1 Å². The van der Waals surface area contributed by atoms with Crippen LogP contribution in [0.3, 0.4) is 0 Å². The van der Waals surface area contributed by atoms with E-state index >= 15 is 0 Å². The monoisotopic (exact) mass is 276 g/mol. The number of hydrogen-bond donors (Lipinski definition) is 0. The van der Waals surface area contributed by atoms with E-state index in [2.05, 4.69) is 54.8 Å². The Balaban J connectivity index is 1.90. The number of ether oxygens (including phenoxy) is 1. The molecule has 0 aliphatic carbocycles. The Morgan fingerprint density at radius 2 is 1.60 bits per heavy atom. The summed E-state index contributed by atoms with van der Waals surface area (Å²) in [6, 6.07) is 9.08. The van der Waals surface area contributed by atoms with Gasteiger partial charge in [0.05, 0.1) is 6.61 Å². The zero-order chi connectivity index (χ0) is 14.6. The minimum atomic E-state index is 0.234. The first-order chi connectivity index (χ1) is 9.50. The molecular formula is C17H28N2O. The summed E-state index contributed by atoms with van der Waals surface area (Å²) >= 11 is 0. The van der Waals surface area contributed by atoms with Crippen molar-refractivity contribution in [3.63, 3.8) is 0 Å². The maximum atomic E-state index is 5.15. The Hall–Kier alpha value is -1.06. The molecule has 1 aliphatic rings. The van der Waals surface area contributed by atoms with Crippen LogP contribution in [0.4, 0.5) is 5.69 Å². The first-order valence-corrected chi connectivity index (χ1v) is 7.57. The van der Waals surface area contributed by atoms with E-state index in [1.165, 1.54) is 11.3 Å². The number of rotatable bonds is 4. The van der Waals surface area contributed by atoms with Gasteiger partial charge in [0.15, 0.2) is 0 Å². The number of hydrogen-bond acceptors (Lipinski definition) is 3. The van der Waals surface area contributed by atoms with Crippen LogP contribution in [0, 0.1) is 0 Å². The SMILES string of the molecule is COCCN1CCN(c2ccc(C(C)(C)C)cc2)CC1. The summed E-state index contributed by atoms with van der Waals surface area (Å²) in [5.74, 6) is 0. The van der Waals surface area contributed by atoms with Crippen molar-refractivity contribution in [1.82, 2.24) is 4.90 Å². The molecule has 0 bridgehead atoms. The molecule has 1 aromatic rings. The minimum Gasteiger partial charge on any atom is -0.383 e. The zero-order valence-corrected chi connectivity index (χ0v) is 13.4. The highest BCUT2D eigenvalue weighted by Crippen LogP contribution is 2.25. The molecule has 0 atom stereocenters. The minimum absolute atomic E-state index is 0.234. The predicted molar refractivity (Wildman–Crippen MR) is 85.7 cm³/mol. The summed E-state index contributed by atoms with van der Waals surface area (Å²) in [6.45, 7) is 13.1. The van der Waals surface area contributed by atoms with Crippen molar-refractivity contribution in [2.24, 2.45) is 0 Å². The van der Waals surface area contributed by atoms with Crippen molar-refractivity contribution in [1.29, 1.82) is 0 Å². The quantitative estimate of drug-likeness (QED) is 0.841. The molecule has 0 spiro atoms. The number of methoxy groups -OCH3 is 1. The molecule has 0 aromatic heterocycles. The maximum Gasteiger partial charge on any atom is 0.0589 e. The summed E-state index contributed by atoms with van der Waals surface area (Å²) in [5.41, 5.74) is 2.99. The third kappa shape index (κ3) is 3.97. The van der Waals surface area contributed by atoms with Gasteiger partial charge >= 0.3 is 0 Å². The second-order valence-electron chi connectivity index (χ2n) is 6.62. The second kappa shape index (κ2) is 6.59. The van der Waals surface area contributed by atoms with Gasteiger partial charge in [0, 0.05) is 45.5 Å². The van der Waals surface area contributed by atoms with Crippen molar-refractivity contribution in [2.75, 3.05) is 51.3 Å². The fourth-order valence-electron chi connectivity index (χ4n) is 2.62. The van der Waals surface area contributed by atoms with Crippen LogP contribution >= 0.6 is 0 Å². The Labute approximate surface area is 123 Å². The molecule has 2 rings (SSSR count). The van der Waals surface area contributed by atoms with Gasteiger partial charge < -0.3 is 9.64 Å². The van der Waals surface area contributed by atoms with E-state index in [1.807, 2.05) is 0 Å². The molecular weight excluding hydrogens is 248 g/mol. The molecule has 0 amide bonds. The third-order valence-corrected chi connectivity index (χ3v) is 4.08. The Kier molecular flexibility index (Phi) is 5.06. The van der Waals surface area contributed by atoms with Crippen LogP contribution < -0.4 is 4.90 Å². The van der Waals surface area contributed by atoms with Crippen LogP contribution in [0.25, 0.3) is 0 Å². The second-order valence-corrected chi connectivity index (χ2v) is 6.62. The summed E-state index contributed by atoms with van der Waals surface area (Å²) in [5, 5.41) is 0. The number of benzene rings is 1. The summed E-state index contributed by atoms with van der Waals surface area (Å²) in [7, 11) is 1.77. The van der Waals surface area contributed by atoms with Crippen LogP contribution in [-0.2, 0) is 10.2 Å². The van der Waals surface area contributed by atoms with E-state index in [0.29, 0.717) is 0 Å². The van der Waals surface area contributed by atoms with Crippen LogP contribution in [0.5, 0.6) is 0 Å². The summed E-state index contributed by atoms with van der Waals surface area (Å²) < 4.78 is 5.15. The van der Waals surface area contributed by atoms with E-state index < -0.39 is 0 Å². The van der Waals surface area contributed by atoms with E-state index in [1.54, 1.807) is 7.11 Å². The molecule has 0 unspecified atom stereocenters. The molecule has 3 nitrogen and oxygen atoms in total. The van der Waals surface area contributed by atoms with Gasteiger partial charge in [0.25, 0.3) is 0 Å². The molecule has 112 valence electrons. The van der Waals surface area contributed by atoms with Crippen LogP contribution in [-0.4, -0.2) is 51.3 Å². The fraction of sp³-hybridized carbons (Fsp3) is 0.647. The lowest BCUT2D eigenvalue weighted by Crippen LogP contribution is -2.47. The first kappa shape index (κ1) is 15.3. The Bertz CT molecular complexity index is 400. The van der Waals surface area contributed by atoms with E-state index in [-0.39, 0.29) is 5.41 Å².